The second kappa shape index (κ2) is 5.82. The largest absolute Gasteiger partial charge is 0.467 e. The molecule has 0 fully saturated rings. The Morgan fingerprint density at radius 2 is 2.32 bits per heavy atom. The van der Waals surface area contributed by atoms with E-state index in [2.05, 4.69) is 15.3 Å². The van der Waals surface area contributed by atoms with Crippen LogP contribution in [-0.2, 0) is 6.54 Å². The molecule has 3 aromatic heterocycles. The van der Waals surface area contributed by atoms with Gasteiger partial charge in [-0.3, -0.25) is 19.5 Å². The fourth-order valence-electron chi connectivity index (χ4n) is 1.83. The first kappa shape index (κ1) is 14.0. The zero-order valence-electron chi connectivity index (χ0n) is 11.1. The van der Waals surface area contributed by atoms with Gasteiger partial charge < -0.3 is 9.40 Å². The molecule has 3 rings (SSSR count). The molecule has 0 atom stereocenters. The minimum absolute atomic E-state index is 0.0560. The van der Waals surface area contributed by atoms with Crippen LogP contribution in [0.4, 0.5) is 5.13 Å². The molecule has 22 heavy (non-hydrogen) atoms. The van der Waals surface area contributed by atoms with Gasteiger partial charge in [0.25, 0.3) is 11.5 Å². The van der Waals surface area contributed by atoms with Gasteiger partial charge >= 0.3 is 5.69 Å². The first-order chi connectivity index (χ1) is 10.6. The van der Waals surface area contributed by atoms with Crippen LogP contribution in [-0.4, -0.2) is 20.4 Å². The number of furan rings is 1. The van der Waals surface area contributed by atoms with Crippen molar-refractivity contribution in [3.63, 3.8) is 0 Å². The van der Waals surface area contributed by atoms with E-state index in [-0.39, 0.29) is 12.1 Å². The third-order valence-electron chi connectivity index (χ3n) is 2.85. The topological polar surface area (TPSA) is 110 Å². The van der Waals surface area contributed by atoms with Crippen molar-refractivity contribution in [3.05, 3.63) is 68.3 Å². The minimum Gasteiger partial charge on any atom is -0.467 e. The quantitative estimate of drug-likeness (QED) is 0.742. The molecule has 0 aliphatic rings. The highest BCUT2D eigenvalue weighted by molar-refractivity contribution is 7.13. The molecule has 2 N–H and O–H groups in total. The molecule has 0 aliphatic heterocycles. The molecule has 0 saturated heterocycles. The zero-order valence-corrected chi connectivity index (χ0v) is 11.9. The van der Waals surface area contributed by atoms with Crippen molar-refractivity contribution in [1.82, 2.24) is 14.5 Å². The summed E-state index contributed by atoms with van der Waals surface area (Å²) in [6.45, 7) is -0.0560. The predicted octanol–water partition coefficient (Wildman–Crippen LogP) is 0.887. The van der Waals surface area contributed by atoms with Crippen LogP contribution in [0.5, 0.6) is 0 Å². The summed E-state index contributed by atoms with van der Waals surface area (Å²) >= 11 is 1.22. The molecular weight excluding hydrogens is 308 g/mol. The summed E-state index contributed by atoms with van der Waals surface area (Å²) in [7, 11) is 0. The van der Waals surface area contributed by atoms with Crippen molar-refractivity contribution in [2.75, 3.05) is 5.32 Å². The van der Waals surface area contributed by atoms with Gasteiger partial charge in [0.1, 0.15) is 11.3 Å². The summed E-state index contributed by atoms with van der Waals surface area (Å²) in [6.07, 6.45) is 4.06. The van der Waals surface area contributed by atoms with Crippen LogP contribution < -0.4 is 16.6 Å². The van der Waals surface area contributed by atoms with E-state index in [9.17, 15) is 14.4 Å². The van der Waals surface area contributed by atoms with E-state index < -0.39 is 17.2 Å². The Labute approximate surface area is 127 Å². The zero-order chi connectivity index (χ0) is 15.5. The number of nitrogens with one attached hydrogen (secondary N) is 2. The second-order valence-corrected chi connectivity index (χ2v) is 5.16. The van der Waals surface area contributed by atoms with Crippen molar-refractivity contribution in [3.8, 4) is 0 Å². The van der Waals surface area contributed by atoms with E-state index in [4.69, 9.17) is 4.42 Å². The molecule has 3 heterocycles. The number of amides is 1. The summed E-state index contributed by atoms with van der Waals surface area (Å²) in [5, 5.41) is 4.56. The van der Waals surface area contributed by atoms with Gasteiger partial charge in [0.15, 0.2) is 5.13 Å². The van der Waals surface area contributed by atoms with E-state index in [1.807, 2.05) is 0 Å². The first-order valence-electron chi connectivity index (χ1n) is 6.21. The van der Waals surface area contributed by atoms with Gasteiger partial charge in [-0.25, -0.2) is 9.78 Å². The SMILES string of the molecule is O=C(Nc1nccs1)c1c[nH]c(=O)n(Cc2ccco2)c1=O. The highest BCUT2D eigenvalue weighted by Gasteiger charge is 2.16. The summed E-state index contributed by atoms with van der Waals surface area (Å²) in [5.41, 5.74) is -1.50. The number of rotatable bonds is 4. The van der Waals surface area contributed by atoms with Gasteiger partial charge in [-0.05, 0) is 12.1 Å². The molecule has 1 amide bonds. The molecule has 0 radical (unpaired) electrons. The van der Waals surface area contributed by atoms with E-state index in [1.54, 1.807) is 17.5 Å². The lowest BCUT2D eigenvalue weighted by atomic mass is 10.3. The van der Waals surface area contributed by atoms with E-state index >= 15 is 0 Å². The Morgan fingerprint density at radius 1 is 1.45 bits per heavy atom. The van der Waals surface area contributed by atoms with Crippen LogP contribution in [0.2, 0.25) is 0 Å². The van der Waals surface area contributed by atoms with E-state index in [0.717, 1.165) is 10.8 Å². The highest BCUT2D eigenvalue weighted by atomic mass is 32.1. The van der Waals surface area contributed by atoms with E-state index in [1.165, 1.54) is 23.8 Å². The van der Waals surface area contributed by atoms with Crippen molar-refractivity contribution in [1.29, 1.82) is 0 Å². The third kappa shape index (κ3) is 2.74. The number of hydrogen-bond donors (Lipinski definition) is 2. The van der Waals surface area contributed by atoms with Gasteiger partial charge in [-0.15, -0.1) is 11.3 Å². The Kier molecular flexibility index (Phi) is 3.71. The molecule has 0 saturated carbocycles. The molecule has 3 aromatic rings. The van der Waals surface area contributed by atoms with Crippen LogP contribution in [0.25, 0.3) is 0 Å². The number of aromatic amines is 1. The number of thiazole rings is 1. The average molecular weight is 318 g/mol. The van der Waals surface area contributed by atoms with Crippen molar-refractivity contribution in [2.45, 2.75) is 6.54 Å². The van der Waals surface area contributed by atoms with Crippen LogP contribution in [0.3, 0.4) is 0 Å². The molecular formula is C13H10N4O4S. The van der Waals surface area contributed by atoms with Crippen molar-refractivity contribution >= 4 is 22.4 Å². The molecule has 112 valence electrons. The lowest BCUT2D eigenvalue weighted by Crippen LogP contribution is -2.39. The Bertz CT molecular complexity index is 893. The van der Waals surface area contributed by atoms with Crippen molar-refractivity contribution < 1.29 is 9.21 Å². The van der Waals surface area contributed by atoms with Gasteiger partial charge in [0, 0.05) is 17.8 Å². The average Bonchev–Trinajstić information content (AvgIpc) is 3.16. The highest BCUT2D eigenvalue weighted by Crippen LogP contribution is 2.10. The van der Waals surface area contributed by atoms with Gasteiger partial charge in [0.2, 0.25) is 0 Å². The summed E-state index contributed by atoms with van der Waals surface area (Å²) < 4.78 is 6.01. The standard InChI is InChI=1S/C13H10N4O4S/c18-10(16-12-14-3-5-22-12)9-6-15-13(20)17(11(9)19)7-8-2-1-4-21-8/h1-6H,7H2,(H,15,20)(H,14,16,18). The van der Waals surface area contributed by atoms with Crippen LogP contribution >= 0.6 is 11.3 Å². The molecule has 0 unspecified atom stereocenters. The lowest BCUT2D eigenvalue weighted by molar-refractivity contribution is 0.102. The monoisotopic (exact) mass is 318 g/mol. The van der Waals surface area contributed by atoms with Crippen molar-refractivity contribution in [2.24, 2.45) is 0 Å². The number of carbonyl (C=O) groups is 1. The third-order valence-corrected chi connectivity index (χ3v) is 3.54. The molecule has 0 spiro atoms. The molecule has 8 nitrogen and oxygen atoms in total. The Balaban J connectivity index is 1.94. The number of anilines is 1. The van der Waals surface area contributed by atoms with Crippen LogP contribution in [0.15, 0.2) is 50.2 Å². The van der Waals surface area contributed by atoms with Gasteiger partial charge in [-0.1, -0.05) is 0 Å². The van der Waals surface area contributed by atoms with Crippen LogP contribution in [0.1, 0.15) is 16.1 Å². The maximum atomic E-state index is 12.3. The second-order valence-electron chi connectivity index (χ2n) is 4.27. The van der Waals surface area contributed by atoms with Gasteiger partial charge in [-0.2, -0.15) is 0 Å². The number of aromatic nitrogens is 3. The Morgan fingerprint density at radius 3 is 3.00 bits per heavy atom. The first-order valence-corrected chi connectivity index (χ1v) is 7.09. The maximum Gasteiger partial charge on any atom is 0.328 e. The molecule has 0 aliphatic carbocycles. The summed E-state index contributed by atoms with van der Waals surface area (Å²) in [5.74, 6) is -0.200. The fourth-order valence-corrected chi connectivity index (χ4v) is 2.35. The number of carbonyl (C=O) groups excluding carboxylic acids is 1. The summed E-state index contributed by atoms with van der Waals surface area (Å²) in [6, 6.07) is 3.28. The number of nitrogens with zero attached hydrogens (tertiary/aromatic N) is 2. The normalized spacial score (nSPS) is 10.5. The lowest BCUT2D eigenvalue weighted by Gasteiger charge is -2.05. The number of hydrogen-bond acceptors (Lipinski definition) is 6. The van der Waals surface area contributed by atoms with Gasteiger partial charge in [0.05, 0.1) is 12.8 Å². The number of H-pyrrole nitrogens is 1. The minimum atomic E-state index is -0.700. The van der Waals surface area contributed by atoms with E-state index in [0.29, 0.717) is 10.9 Å². The smallest absolute Gasteiger partial charge is 0.328 e. The molecule has 9 heteroatoms. The summed E-state index contributed by atoms with van der Waals surface area (Å²) in [4.78, 5) is 42.5. The Hall–Kier alpha value is -2.94. The molecule has 0 bridgehead atoms. The maximum absolute atomic E-state index is 12.3. The van der Waals surface area contributed by atoms with Crippen LogP contribution in [0, 0.1) is 0 Å². The predicted molar refractivity (Wildman–Crippen MR) is 79.2 cm³/mol. The molecule has 0 aromatic carbocycles. The fraction of sp³-hybridized carbons (Fsp3) is 0.0769.